The lowest BCUT2D eigenvalue weighted by Gasteiger charge is -2.03. The summed E-state index contributed by atoms with van der Waals surface area (Å²) in [6.45, 7) is 1.79. The fraction of sp³-hybridized carbons (Fsp3) is 0.250. The van der Waals surface area contributed by atoms with E-state index >= 15 is 0 Å². The summed E-state index contributed by atoms with van der Waals surface area (Å²) in [6.07, 6.45) is 0. The minimum atomic E-state index is -0.294. The van der Waals surface area contributed by atoms with Crippen LogP contribution < -0.4 is 10.2 Å². The summed E-state index contributed by atoms with van der Waals surface area (Å²) in [7, 11) is 3.16. The molecule has 0 bridgehead atoms. The first kappa shape index (κ1) is 8.11. The zero-order valence-electron chi connectivity index (χ0n) is 6.60. The summed E-state index contributed by atoms with van der Waals surface area (Å²) in [5, 5.41) is 0. The molecule has 0 aliphatic rings. The van der Waals surface area contributed by atoms with Crippen LogP contribution in [0.5, 0.6) is 5.75 Å². The topological polar surface area (TPSA) is 9.23 Å². The van der Waals surface area contributed by atoms with Crippen LogP contribution in [-0.2, 0) is 0 Å². The number of hydrogen-bond donors (Lipinski definition) is 0. The largest absolute Gasteiger partial charge is 0.494 e. The Morgan fingerprint density at radius 3 is 2.73 bits per heavy atom. The van der Waals surface area contributed by atoms with Crippen LogP contribution in [0.1, 0.15) is 0 Å². The van der Waals surface area contributed by atoms with Crippen molar-refractivity contribution in [2.75, 3.05) is 7.11 Å². The van der Waals surface area contributed by atoms with Crippen LogP contribution in [0.15, 0.2) is 18.2 Å². The second-order valence-corrected chi connectivity index (χ2v) is 2.15. The first-order valence-electron chi connectivity index (χ1n) is 3.41. The van der Waals surface area contributed by atoms with Gasteiger partial charge >= 0.3 is 0 Å². The van der Waals surface area contributed by atoms with E-state index in [1.807, 2.05) is 0 Å². The molecule has 0 N–H and O–H groups in total. The van der Waals surface area contributed by atoms with Crippen LogP contribution in [0, 0.1) is 5.82 Å². The number of halogens is 1. The highest BCUT2D eigenvalue weighted by atomic mass is 19.1. The zero-order valence-corrected chi connectivity index (χ0v) is 6.60. The van der Waals surface area contributed by atoms with E-state index < -0.39 is 0 Å². The number of ether oxygens (including phenoxy) is 1. The van der Waals surface area contributed by atoms with E-state index in [0.29, 0.717) is 11.2 Å². The number of methoxy groups -OCH3 is 1. The Morgan fingerprint density at radius 2 is 2.18 bits per heavy atom. The maximum atomic E-state index is 13.1. The van der Waals surface area contributed by atoms with Crippen LogP contribution in [0.25, 0.3) is 0 Å². The van der Waals surface area contributed by atoms with E-state index in [1.165, 1.54) is 7.11 Å². The molecule has 0 aromatic heterocycles. The number of rotatable bonds is 2. The van der Waals surface area contributed by atoms with Crippen LogP contribution in [0.4, 0.5) is 4.39 Å². The molecule has 0 amide bonds. The first-order valence-corrected chi connectivity index (χ1v) is 3.41. The second-order valence-electron chi connectivity index (χ2n) is 2.15. The van der Waals surface area contributed by atoms with Gasteiger partial charge in [0.15, 0.2) is 18.8 Å². The maximum absolute atomic E-state index is 13.1. The third-order valence-electron chi connectivity index (χ3n) is 1.52. The van der Waals surface area contributed by atoms with Crippen molar-refractivity contribution in [2.45, 2.75) is 6.82 Å². The lowest BCUT2D eigenvalue weighted by atomic mass is 9.73. The van der Waals surface area contributed by atoms with Crippen LogP contribution in [0.3, 0.4) is 0 Å². The van der Waals surface area contributed by atoms with Gasteiger partial charge in [0.25, 0.3) is 0 Å². The number of benzene rings is 1. The molecule has 0 saturated carbocycles. The van der Waals surface area contributed by atoms with Crippen molar-refractivity contribution >= 4 is 12.7 Å². The monoisotopic (exact) mass is 151 g/mol. The maximum Gasteiger partial charge on any atom is 0.158 e. The van der Waals surface area contributed by atoms with Crippen molar-refractivity contribution in [3.8, 4) is 5.75 Å². The van der Waals surface area contributed by atoms with E-state index in [9.17, 15) is 4.39 Å². The SMILES string of the molecule is C[B]c1cccc(OC)c1F. The fourth-order valence-electron chi connectivity index (χ4n) is 0.908. The Kier molecular flexibility index (Phi) is 2.52. The molecular weight excluding hydrogens is 142 g/mol. The predicted octanol–water partition coefficient (Wildman–Crippen LogP) is 1.21. The van der Waals surface area contributed by atoms with E-state index in [4.69, 9.17) is 4.74 Å². The van der Waals surface area contributed by atoms with Gasteiger partial charge in [0.05, 0.1) is 7.11 Å². The molecule has 1 rings (SSSR count). The minimum absolute atomic E-state index is 0.292. The van der Waals surface area contributed by atoms with Gasteiger partial charge in [-0.15, -0.1) is 0 Å². The van der Waals surface area contributed by atoms with Crippen LogP contribution in [0.2, 0.25) is 6.82 Å². The van der Waals surface area contributed by atoms with Crippen molar-refractivity contribution in [2.24, 2.45) is 0 Å². The van der Waals surface area contributed by atoms with E-state index in [0.717, 1.165) is 0 Å². The molecule has 0 spiro atoms. The molecule has 1 aromatic rings. The van der Waals surface area contributed by atoms with Gasteiger partial charge in [-0.25, -0.2) is 4.39 Å². The quantitative estimate of drug-likeness (QED) is 0.577. The van der Waals surface area contributed by atoms with Gasteiger partial charge in [0, 0.05) is 0 Å². The summed E-state index contributed by atoms with van der Waals surface area (Å²) in [5.74, 6) is -0.00176. The average Bonchev–Trinajstić information content (AvgIpc) is 2.05. The first-order chi connectivity index (χ1) is 5.29. The Hall–Kier alpha value is -0.985. The van der Waals surface area contributed by atoms with Crippen molar-refractivity contribution in [3.63, 3.8) is 0 Å². The molecule has 0 atom stereocenters. The highest BCUT2D eigenvalue weighted by Crippen LogP contribution is 2.12. The third-order valence-corrected chi connectivity index (χ3v) is 1.52. The zero-order chi connectivity index (χ0) is 8.27. The van der Waals surface area contributed by atoms with Crippen LogP contribution >= 0.6 is 0 Å². The molecule has 1 nitrogen and oxygen atoms in total. The molecular formula is C8H9BFO. The third kappa shape index (κ3) is 1.53. The Balaban J connectivity index is 3.10. The number of hydrogen-bond acceptors (Lipinski definition) is 1. The molecule has 1 radical (unpaired) electrons. The second kappa shape index (κ2) is 3.42. The molecule has 57 valence electrons. The highest BCUT2D eigenvalue weighted by Gasteiger charge is 2.05. The molecule has 0 fully saturated rings. The Morgan fingerprint density at radius 1 is 1.45 bits per heavy atom. The summed E-state index contributed by atoms with van der Waals surface area (Å²) < 4.78 is 17.9. The smallest absolute Gasteiger partial charge is 0.158 e. The van der Waals surface area contributed by atoms with Gasteiger partial charge < -0.3 is 4.74 Å². The molecule has 3 heteroatoms. The van der Waals surface area contributed by atoms with Gasteiger partial charge in [0.1, 0.15) is 0 Å². The van der Waals surface area contributed by atoms with Gasteiger partial charge in [-0.2, -0.15) is 0 Å². The Bertz CT molecular complexity index is 228. The molecule has 0 saturated heterocycles. The van der Waals surface area contributed by atoms with Crippen molar-refractivity contribution in [1.82, 2.24) is 0 Å². The van der Waals surface area contributed by atoms with E-state index in [1.54, 1.807) is 32.3 Å². The van der Waals surface area contributed by atoms with Gasteiger partial charge in [-0.1, -0.05) is 19.0 Å². The van der Waals surface area contributed by atoms with E-state index in [2.05, 4.69) is 0 Å². The van der Waals surface area contributed by atoms with Crippen LogP contribution in [-0.4, -0.2) is 14.4 Å². The molecule has 11 heavy (non-hydrogen) atoms. The van der Waals surface area contributed by atoms with E-state index in [-0.39, 0.29) is 5.82 Å². The van der Waals surface area contributed by atoms with Crippen molar-refractivity contribution < 1.29 is 9.13 Å². The lowest BCUT2D eigenvalue weighted by molar-refractivity contribution is 0.388. The highest BCUT2D eigenvalue weighted by molar-refractivity contribution is 6.52. The summed E-state index contributed by atoms with van der Waals surface area (Å²) in [5.41, 5.74) is 0.573. The van der Waals surface area contributed by atoms with Crippen molar-refractivity contribution in [3.05, 3.63) is 24.0 Å². The fourth-order valence-corrected chi connectivity index (χ4v) is 0.908. The predicted molar refractivity (Wildman–Crippen MR) is 44.2 cm³/mol. The lowest BCUT2D eigenvalue weighted by Crippen LogP contribution is -2.15. The Labute approximate surface area is 66.4 Å². The molecule has 0 aliphatic carbocycles. The summed E-state index contributed by atoms with van der Waals surface area (Å²) in [6, 6.07) is 5.07. The van der Waals surface area contributed by atoms with Crippen molar-refractivity contribution in [1.29, 1.82) is 0 Å². The van der Waals surface area contributed by atoms with Gasteiger partial charge in [-0.05, 0) is 11.5 Å². The molecule has 0 unspecified atom stereocenters. The molecule has 1 aromatic carbocycles. The standard InChI is InChI=1S/C8H9BFO/c1-9-6-4-3-5-7(11-2)8(6)10/h3-5H,1-2H3. The van der Waals surface area contributed by atoms with Gasteiger partial charge in [0.2, 0.25) is 0 Å². The molecule has 0 aliphatic heterocycles. The minimum Gasteiger partial charge on any atom is -0.494 e. The van der Waals surface area contributed by atoms with Gasteiger partial charge in [-0.3, -0.25) is 0 Å². The normalized spacial score (nSPS) is 9.36. The molecule has 0 heterocycles. The average molecular weight is 151 g/mol. The summed E-state index contributed by atoms with van der Waals surface area (Å²) >= 11 is 0. The summed E-state index contributed by atoms with van der Waals surface area (Å²) in [4.78, 5) is 0.